The highest BCUT2D eigenvalue weighted by atomic mass is 32.2. The number of aliphatic hydroxyl groups excluding tert-OH is 1. The number of aliphatic hydroxyl groups is 1. The SMILES string of the molecule is Cc1nc(N)sc1-c1ccnc(Nc2ccc(S(=O)(=O)NCCO)cc2)n1. The number of hydrogen-bond donors (Lipinski definition) is 4. The second-order valence-corrected chi connectivity index (χ2v) is 8.30. The van der Waals surface area contributed by atoms with Gasteiger partial charge in [0.15, 0.2) is 5.13 Å². The number of nitrogens with two attached hydrogens (primary N) is 1. The van der Waals surface area contributed by atoms with Gasteiger partial charge in [0.2, 0.25) is 16.0 Å². The van der Waals surface area contributed by atoms with E-state index in [-0.39, 0.29) is 18.0 Å². The van der Waals surface area contributed by atoms with E-state index in [1.807, 2.05) is 6.92 Å². The number of nitrogen functional groups attached to an aromatic ring is 1. The highest BCUT2D eigenvalue weighted by Gasteiger charge is 2.13. The number of rotatable bonds is 7. The van der Waals surface area contributed by atoms with E-state index in [2.05, 4.69) is 25.0 Å². The number of anilines is 3. The molecule has 0 unspecified atom stereocenters. The number of nitrogens with one attached hydrogen (secondary N) is 2. The van der Waals surface area contributed by atoms with E-state index in [0.29, 0.717) is 22.5 Å². The molecule has 11 heteroatoms. The number of nitrogens with zero attached hydrogens (tertiary/aromatic N) is 3. The number of benzene rings is 1. The van der Waals surface area contributed by atoms with Crippen LogP contribution in [0.1, 0.15) is 5.69 Å². The molecule has 0 aliphatic rings. The highest BCUT2D eigenvalue weighted by Crippen LogP contribution is 2.30. The predicted octanol–water partition coefficient (Wildman–Crippen LogP) is 1.50. The first-order valence-corrected chi connectivity index (χ1v) is 10.2. The lowest BCUT2D eigenvalue weighted by Crippen LogP contribution is -2.26. The molecule has 142 valence electrons. The van der Waals surface area contributed by atoms with E-state index >= 15 is 0 Å². The molecule has 0 saturated carbocycles. The summed E-state index contributed by atoms with van der Waals surface area (Å²) >= 11 is 1.35. The van der Waals surface area contributed by atoms with Gasteiger partial charge in [-0.15, -0.1) is 0 Å². The first kappa shape index (κ1) is 19.2. The van der Waals surface area contributed by atoms with Gasteiger partial charge in [-0.3, -0.25) is 0 Å². The third kappa shape index (κ3) is 4.57. The molecular weight excluding hydrogens is 388 g/mol. The minimum atomic E-state index is -3.64. The van der Waals surface area contributed by atoms with Crippen LogP contribution >= 0.6 is 11.3 Å². The Labute approximate surface area is 160 Å². The van der Waals surface area contributed by atoms with E-state index < -0.39 is 10.0 Å². The molecule has 0 atom stereocenters. The standard InChI is InChI=1S/C16H18N6O3S2/c1-10-14(26-15(17)20-10)13-6-7-18-16(22-13)21-11-2-4-12(5-3-11)27(24,25)19-8-9-23/h2-7,19,23H,8-9H2,1H3,(H2,17,20)(H,18,21,22). The zero-order chi connectivity index (χ0) is 19.4. The van der Waals surface area contributed by atoms with Gasteiger partial charge in [0.05, 0.1) is 27.8 Å². The molecule has 0 aliphatic carbocycles. The predicted molar refractivity (Wildman–Crippen MR) is 104 cm³/mol. The molecule has 27 heavy (non-hydrogen) atoms. The highest BCUT2D eigenvalue weighted by molar-refractivity contribution is 7.89. The number of hydrogen-bond acceptors (Lipinski definition) is 9. The minimum absolute atomic E-state index is 0.0372. The summed E-state index contributed by atoms with van der Waals surface area (Å²) < 4.78 is 26.3. The fourth-order valence-corrected chi connectivity index (χ4v) is 4.13. The van der Waals surface area contributed by atoms with Crippen molar-refractivity contribution in [1.82, 2.24) is 19.7 Å². The van der Waals surface area contributed by atoms with E-state index in [0.717, 1.165) is 10.6 Å². The fourth-order valence-electron chi connectivity index (χ4n) is 2.31. The molecule has 0 saturated heterocycles. The number of thiazole rings is 1. The molecule has 2 aromatic heterocycles. The summed E-state index contributed by atoms with van der Waals surface area (Å²) in [5.41, 5.74) is 7.87. The maximum atomic E-state index is 12.0. The van der Waals surface area contributed by atoms with Gasteiger partial charge in [-0.25, -0.2) is 28.1 Å². The lowest BCUT2D eigenvalue weighted by Gasteiger charge is -2.08. The molecule has 0 spiro atoms. The second kappa shape index (κ2) is 7.96. The van der Waals surface area contributed by atoms with Gasteiger partial charge >= 0.3 is 0 Å². The van der Waals surface area contributed by atoms with Gasteiger partial charge in [-0.2, -0.15) is 0 Å². The van der Waals surface area contributed by atoms with Crippen LogP contribution in [0.2, 0.25) is 0 Å². The molecule has 0 fully saturated rings. The third-order valence-corrected chi connectivity index (χ3v) is 6.01. The van der Waals surface area contributed by atoms with Crippen LogP contribution in [-0.2, 0) is 10.0 Å². The van der Waals surface area contributed by atoms with E-state index in [4.69, 9.17) is 10.8 Å². The van der Waals surface area contributed by atoms with Crippen molar-refractivity contribution in [2.75, 3.05) is 24.2 Å². The molecule has 0 bridgehead atoms. The first-order chi connectivity index (χ1) is 12.9. The molecular formula is C16H18N6O3S2. The summed E-state index contributed by atoms with van der Waals surface area (Å²) in [6, 6.07) is 7.91. The van der Waals surface area contributed by atoms with Crippen LogP contribution in [0.4, 0.5) is 16.8 Å². The Balaban J connectivity index is 1.78. The summed E-state index contributed by atoms with van der Waals surface area (Å²) in [6.45, 7) is 1.56. The molecule has 0 aliphatic heterocycles. The van der Waals surface area contributed by atoms with Crippen molar-refractivity contribution in [1.29, 1.82) is 0 Å². The summed E-state index contributed by atoms with van der Waals surface area (Å²) in [5, 5.41) is 12.3. The monoisotopic (exact) mass is 406 g/mol. The van der Waals surface area contributed by atoms with Crippen LogP contribution in [0.5, 0.6) is 0 Å². The van der Waals surface area contributed by atoms with E-state index in [1.165, 1.54) is 23.5 Å². The van der Waals surface area contributed by atoms with Crippen LogP contribution in [0.3, 0.4) is 0 Å². The van der Waals surface area contributed by atoms with Crippen molar-refractivity contribution >= 4 is 38.1 Å². The topological polar surface area (TPSA) is 143 Å². The van der Waals surface area contributed by atoms with Crippen LogP contribution in [-0.4, -0.2) is 41.6 Å². The lowest BCUT2D eigenvalue weighted by atomic mass is 10.3. The van der Waals surface area contributed by atoms with Crippen molar-refractivity contribution in [2.24, 2.45) is 0 Å². The second-order valence-electron chi connectivity index (χ2n) is 5.50. The summed E-state index contributed by atoms with van der Waals surface area (Å²) in [4.78, 5) is 13.8. The Morgan fingerprint density at radius 2 is 1.93 bits per heavy atom. The molecule has 1 aromatic carbocycles. The number of sulfonamides is 1. The van der Waals surface area contributed by atoms with Crippen molar-refractivity contribution < 1.29 is 13.5 Å². The molecule has 5 N–H and O–H groups in total. The van der Waals surface area contributed by atoms with Crippen LogP contribution in [0.25, 0.3) is 10.6 Å². The Morgan fingerprint density at radius 1 is 1.19 bits per heavy atom. The number of aromatic nitrogens is 3. The van der Waals surface area contributed by atoms with Gasteiger partial charge in [-0.1, -0.05) is 11.3 Å². The average Bonchev–Trinajstić information content (AvgIpc) is 2.99. The van der Waals surface area contributed by atoms with Crippen molar-refractivity contribution in [3.63, 3.8) is 0 Å². The Hall–Kier alpha value is -2.60. The fraction of sp³-hybridized carbons (Fsp3) is 0.188. The summed E-state index contributed by atoms with van der Waals surface area (Å²) in [5.74, 6) is 0.368. The van der Waals surface area contributed by atoms with Gasteiger partial charge in [0.1, 0.15) is 0 Å². The first-order valence-electron chi connectivity index (χ1n) is 7.93. The lowest BCUT2D eigenvalue weighted by molar-refractivity contribution is 0.301. The zero-order valence-corrected chi connectivity index (χ0v) is 16.0. The maximum absolute atomic E-state index is 12.0. The smallest absolute Gasteiger partial charge is 0.240 e. The van der Waals surface area contributed by atoms with E-state index in [9.17, 15) is 8.42 Å². The van der Waals surface area contributed by atoms with Crippen molar-refractivity contribution in [3.05, 3.63) is 42.2 Å². The largest absolute Gasteiger partial charge is 0.395 e. The van der Waals surface area contributed by atoms with Crippen molar-refractivity contribution in [2.45, 2.75) is 11.8 Å². The van der Waals surface area contributed by atoms with Gasteiger partial charge in [-0.05, 0) is 37.3 Å². The Morgan fingerprint density at radius 3 is 2.56 bits per heavy atom. The van der Waals surface area contributed by atoms with Gasteiger partial charge in [0, 0.05) is 18.4 Å². The Bertz CT molecular complexity index is 1030. The minimum Gasteiger partial charge on any atom is -0.395 e. The van der Waals surface area contributed by atoms with Gasteiger partial charge in [0.25, 0.3) is 0 Å². The zero-order valence-electron chi connectivity index (χ0n) is 14.4. The molecule has 3 rings (SSSR count). The third-order valence-electron chi connectivity index (χ3n) is 3.53. The maximum Gasteiger partial charge on any atom is 0.240 e. The van der Waals surface area contributed by atoms with Gasteiger partial charge < -0.3 is 16.2 Å². The average molecular weight is 406 g/mol. The van der Waals surface area contributed by atoms with Crippen LogP contribution in [0, 0.1) is 6.92 Å². The summed E-state index contributed by atoms with van der Waals surface area (Å²) in [7, 11) is -3.64. The van der Waals surface area contributed by atoms with Crippen LogP contribution < -0.4 is 15.8 Å². The quantitative estimate of drug-likeness (QED) is 0.462. The van der Waals surface area contributed by atoms with E-state index in [1.54, 1.807) is 24.4 Å². The number of aryl methyl sites for hydroxylation is 1. The molecule has 2 heterocycles. The summed E-state index contributed by atoms with van der Waals surface area (Å²) in [6.07, 6.45) is 1.62. The Kier molecular flexibility index (Phi) is 5.65. The molecule has 3 aromatic rings. The van der Waals surface area contributed by atoms with Crippen molar-refractivity contribution in [3.8, 4) is 10.6 Å². The normalized spacial score (nSPS) is 11.5. The molecule has 9 nitrogen and oxygen atoms in total. The molecule has 0 amide bonds. The van der Waals surface area contributed by atoms with Crippen LogP contribution in [0.15, 0.2) is 41.4 Å². The molecule has 0 radical (unpaired) electrons.